The Balaban J connectivity index is 1.62. The van der Waals surface area contributed by atoms with Gasteiger partial charge in [-0.3, -0.25) is 0 Å². The van der Waals surface area contributed by atoms with E-state index in [1.165, 1.54) is 38.5 Å². The van der Waals surface area contributed by atoms with Crippen LogP contribution in [0.1, 0.15) is 78.6 Å². The van der Waals surface area contributed by atoms with Crippen LogP contribution in [0.4, 0.5) is 0 Å². The van der Waals surface area contributed by atoms with Crippen molar-refractivity contribution in [2.45, 2.75) is 90.3 Å². The van der Waals surface area contributed by atoms with Crippen LogP contribution in [0.25, 0.3) is 0 Å². The minimum absolute atomic E-state index is 0.0592. The van der Waals surface area contributed by atoms with Gasteiger partial charge in [0.05, 0.1) is 11.7 Å². The molecule has 0 aromatic carbocycles. The second-order valence-corrected chi connectivity index (χ2v) is 10.00. The van der Waals surface area contributed by atoms with E-state index in [4.69, 9.17) is 0 Å². The van der Waals surface area contributed by atoms with E-state index in [9.17, 15) is 10.2 Å². The standard InChI is InChI=1S/C20H34O2/c1-18(22)10-11-19(2)13(12-18)4-5-14-15-6-7-17(21)20(15,3)9-8-16(14)19/h13-17,21-22H,4-12H2,1-3H3/t13-,14+,15+,16+,17+,18-,19+,20+/m0/s1. The van der Waals surface area contributed by atoms with Gasteiger partial charge >= 0.3 is 0 Å². The summed E-state index contributed by atoms with van der Waals surface area (Å²) in [7, 11) is 0. The van der Waals surface area contributed by atoms with Gasteiger partial charge in [-0.15, -0.1) is 0 Å². The van der Waals surface area contributed by atoms with E-state index in [2.05, 4.69) is 13.8 Å². The molecule has 4 rings (SSSR count). The fourth-order valence-electron chi connectivity index (χ4n) is 7.40. The lowest BCUT2D eigenvalue weighted by atomic mass is 9.44. The first-order valence-electron chi connectivity index (χ1n) is 9.67. The molecule has 22 heavy (non-hydrogen) atoms. The second kappa shape index (κ2) is 4.72. The first-order valence-corrected chi connectivity index (χ1v) is 9.67. The summed E-state index contributed by atoms with van der Waals surface area (Å²) in [6.07, 6.45) is 10.6. The van der Waals surface area contributed by atoms with Gasteiger partial charge in [0.15, 0.2) is 0 Å². The molecule has 8 atom stereocenters. The summed E-state index contributed by atoms with van der Waals surface area (Å²) in [6, 6.07) is 0. The highest BCUT2D eigenvalue weighted by atomic mass is 16.3. The van der Waals surface area contributed by atoms with Crippen LogP contribution in [0.3, 0.4) is 0 Å². The van der Waals surface area contributed by atoms with Crippen molar-refractivity contribution < 1.29 is 10.2 Å². The van der Waals surface area contributed by atoms with Crippen molar-refractivity contribution in [2.24, 2.45) is 34.5 Å². The number of hydrogen-bond acceptors (Lipinski definition) is 2. The van der Waals surface area contributed by atoms with Crippen LogP contribution in [0.5, 0.6) is 0 Å². The highest BCUT2D eigenvalue weighted by molar-refractivity contribution is 5.10. The van der Waals surface area contributed by atoms with Gasteiger partial charge in [-0.1, -0.05) is 13.8 Å². The third-order valence-electron chi connectivity index (χ3n) is 8.90. The Bertz CT molecular complexity index is 459. The second-order valence-electron chi connectivity index (χ2n) is 10.00. The fourth-order valence-corrected chi connectivity index (χ4v) is 7.40. The normalized spacial score (nSPS) is 61.2. The molecule has 2 heteroatoms. The fraction of sp³-hybridized carbons (Fsp3) is 1.00. The molecule has 2 nitrogen and oxygen atoms in total. The summed E-state index contributed by atoms with van der Waals surface area (Å²) in [5, 5.41) is 21.0. The summed E-state index contributed by atoms with van der Waals surface area (Å²) in [5.41, 5.74) is 0.217. The van der Waals surface area contributed by atoms with Gasteiger partial charge in [-0.05, 0) is 99.2 Å². The van der Waals surface area contributed by atoms with Crippen molar-refractivity contribution in [2.75, 3.05) is 0 Å². The first kappa shape index (κ1) is 15.4. The number of aliphatic hydroxyl groups is 2. The number of rotatable bonds is 0. The average Bonchev–Trinajstić information content (AvgIpc) is 2.76. The number of aliphatic hydroxyl groups excluding tert-OH is 1. The van der Waals surface area contributed by atoms with Crippen LogP contribution in [0.2, 0.25) is 0 Å². The third-order valence-corrected chi connectivity index (χ3v) is 8.90. The molecule has 2 N–H and O–H groups in total. The van der Waals surface area contributed by atoms with Gasteiger partial charge in [-0.25, -0.2) is 0 Å². The zero-order valence-electron chi connectivity index (χ0n) is 14.6. The van der Waals surface area contributed by atoms with Gasteiger partial charge in [0.25, 0.3) is 0 Å². The monoisotopic (exact) mass is 306 g/mol. The molecule has 0 bridgehead atoms. The predicted octanol–water partition coefficient (Wildman–Crippen LogP) is 4.14. The van der Waals surface area contributed by atoms with Crippen molar-refractivity contribution in [3.05, 3.63) is 0 Å². The highest BCUT2D eigenvalue weighted by Gasteiger charge is 2.60. The quantitative estimate of drug-likeness (QED) is 0.706. The number of hydrogen-bond donors (Lipinski definition) is 2. The molecular weight excluding hydrogens is 272 g/mol. The largest absolute Gasteiger partial charge is 0.393 e. The topological polar surface area (TPSA) is 40.5 Å². The van der Waals surface area contributed by atoms with E-state index in [1.807, 2.05) is 6.92 Å². The summed E-state index contributed by atoms with van der Waals surface area (Å²) in [6.45, 7) is 6.95. The summed E-state index contributed by atoms with van der Waals surface area (Å²) in [5.74, 6) is 3.14. The van der Waals surface area contributed by atoms with E-state index in [-0.39, 0.29) is 11.5 Å². The summed E-state index contributed by atoms with van der Waals surface area (Å²) in [4.78, 5) is 0. The zero-order valence-corrected chi connectivity index (χ0v) is 14.6. The lowest BCUT2D eigenvalue weighted by Crippen LogP contribution is -2.55. The Morgan fingerprint density at radius 3 is 2.27 bits per heavy atom. The Morgan fingerprint density at radius 1 is 0.773 bits per heavy atom. The molecule has 4 saturated carbocycles. The van der Waals surface area contributed by atoms with Crippen molar-refractivity contribution in [1.29, 1.82) is 0 Å². The Kier molecular flexibility index (Phi) is 3.32. The first-order chi connectivity index (χ1) is 10.3. The molecule has 0 aliphatic heterocycles. The highest BCUT2D eigenvalue weighted by Crippen LogP contribution is 2.66. The zero-order chi connectivity index (χ0) is 15.8. The maximum Gasteiger partial charge on any atom is 0.0622 e. The predicted molar refractivity (Wildman–Crippen MR) is 88.4 cm³/mol. The Morgan fingerprint density at radius 2 is 1.50 bits per heavy atom. The van der Waals surface area contributed by atoms with Gasteiger partial charge in [-0.2, -0.15) is 0 Å². The van der Waals surface area contributed by atoms with Crippen molar-refractivity contribution in [1.82, 2.24) is 0 Å². The molecule has 0 amide bonds. The van der Waals surface area contributed by atoms with Crippen molar-refractivity contribution in [3.8, 4) is 0 Å². The van der Waals surface area contributed by atoms with Crippen LogP contribution < -0.4 is 0 Å². The maximum atomic E-state index is 10.5. The van der Waals surface area contributed by atoms with E-state index >= 15 is 0 Å². The molecule has 0 aromatic rings. The van der Waals surface area contributed by atoms with Crippen molar-refractivity contribution in [3.63, 3.8) is 0 Å². The van der Waals surface area contributed by atoms with Gasteiger partial charge in [0.2, 0.25) is 0 Å². The van der Waals surface area contributed by atoms with E-state index in [0.717, 1.165) is 37.0 Å². The van der Waals surface area contributed by atoms with Crippen LogP contribution in [0, 0.1) is 34.5 Å². The molecule has 0 spiro atoms. The van der Waals surface area contributed by atoms with Crippen LogP contribution >= 0.6 is 0 Å². The molecule has 4 aliphatic carbocycles. The Hall–Kier alpha value is -0.0800. The van der Waals surface area contributed by atoms with E-state index < -0.39 is 5.60 Å². The molecule has 0 saturated heterocycles. The smallest absolute Gasteiger partial charge is 0.0622 e. The molecule has 0 unspecified atom stereocenters. The van der Waals surface area contributed by atoms with Crippen LogP contribution in [0.15, 0.2) is 0 Å². The molecule has 126 valence electrons. The Labute approximate surface area is 135 Å². The minimum atomic E-state index is -0.427. The molecule has 0 heterocycles. The third kappa shape index (κ3) is 1.99. The lowest BCUT2D eigenvalue weighted by molar-refractivity contribution is -0.150. The molecule has 0 aromatic heterocycles. The summed E-state index contributed by atoms with van der Waals surface area (Å²) >= 11 is 0. The van der Waals surface area contributed by atoms with Gasteiger partial charge in [0.1, 0.15) is 0 Å². The van der Waals surface area contributed by atoms with E-state index in [0.29, 0.717) is 11.3 Å². The average molecular weight is 306 g/mol. The lowest BCUT2D eigenvalue weighted by Gasteiger charge is -2.61. The SMILES string of the molecule is C[C@]1(O)CC[C@]2(C)[C@@H](CC[C@@H]3[C@H]4CC[C@@H](O)[C@]4(C)CC[C@H]32)C1. The minimum Gasteiger partial charge on any atom is -0.393 e. The van der Waals surface area contributed by atoms with Crippen molar-refractivity contribution >= 4 is 0 Å². The van der Waals surface area contributed by atoms with Gasteiger partial charge in [0, 0.05) is 0 Å². The van der Waals surface area contributed by atoms with Crippen LogP contribution in [-0.4, -0.2) is 21.9 Å². The maximum absolute atomic E-state index is 10.5. The van der Waals surface area contributed by atoms with E-state index in [1.54, 1.807) is 0 Å². The molecular formula is C20H34O2. The van der Waals surface area contributed by atoms with Crippen LogP contribution in [-0.2, 0) is 0 Å². The summed E-state index contributed by atoms with van der Waals surface area (Å²) < 4.78 is 0. The molecule has 0 radical (unpaired) electrons. The molecule has 4 aliphatic rings. The molecule has 4 fully saturated rings. The number of fused-ring (bicyclic) bond motifs is 5. The van der Waals surface area contributed by atoms with Gasteiger partial charge < -0.3 is 10.2 Å².